The van der Waals surface area contributed by atoms with Gasteiger partial charge in [-0.2, -0.15) is 0 Å². The van der Waals surface area contributed by atoms with Gasteiger partial charge in [-0.3, -0.25) is 10.1 Å². The lowest BCUT2D eigenvalue weighted by molar-refractivity contribution is -0.123. The summed E-state index contributed by atoms with van der Waals surface area (Å²) in [4.78, 5) is 33.7. The van der Waals surface area contributed by atoms with Gasteiger partial charge in [0.2, 0.25) is 0 Å². The quantitative estimate of drug-likeness (QED) is 0.853. The average molecular weight is 330 g/mol. The third kappa shape index (κ3) is 5.52. The molecule has 0 bridgehead atoms. The molecule has 0 saturated heterocycles. The fraction of sp³-hybridized carbons (Fsp3) is 0.250. The molecule has 0 aromatic heterocycles. The molecule has 6 nitrogen and oxygen atoms in total. The Morgan fingerprint density at radius 2 is 2.00 bits per heavy atom. The van der Waals surface area contributed by atoms with Crippen molar-refractivity contribution in [1.29, 1.82) is 0 Å². The van der Waals surface area contributed by atoms with Gasteiger partial charge < -0.3 is 9.47 Å². The van der Waals surface area contributed by atoms with Crippen LogP contribution in [0.4, 0.5) is 4.79 Å². The lowest BCUT2D eigenvalue weighted by Gasteiger charge is -2.05. The van der Waals surface area contributed by atoms with Crippen molar-refractivity contribution < 1.29 is 23.9 Å². The van der Waals surface area contributed by atoms with E-state index in [1.54, 1.807) is 31.2 Å². The normalized spacial score (nSPS) is 9.58. The topological polar surface area (TPSA) is 81.7 Å². The number of carbonyl (C=O) groups excluding carboxylic acids is 3. The number of rotatable bonds is 4. The summed E-state index contributed by atoms with van der Waals surface area (Å²) in [7, 11) is 0. The SMILES string of the molecule is CCOC(=O)NC(=O)COC(=O)c1cccc(Br)c1. The largest absolute Gasteiger partial charge is 0.452 e. The van der Waals surface area contributed by atoms with Crippen molar-refractivity contribution in [2.24, 2.45) is 0 Å². The molecule has 1 rings (SSSR count). The van der Waals surface area contributed by atoms with Gasteiger partial charge in [0.1, 0.15) is 0 Å². The van der Waals surface area contributed by atoms with Crippen LogP contribution in [0.1, 0.15) is 17.3 Å². The second kappa shape index (κ2) is 7.52. The summed E-state index contributed by atoms with van der Waals surface area (Å²) < 4.78 is 9.97. The van der Waals surface area contributed by atoms with E-state index < -0.39 is 24.6 Å². The molecule has 0 saturated carbocycles. The molecule has 1 N–H and O–H groups in total. The molecule has 102 valence electrons. The minimum atomic E-state index is -0.869. The van der Waals surface area contributed by atoms with E-state index in [1.807, 2.05) is 5.32 Å². The molecule has 1 aromatic carbocycles. The predicted octanol–water partition coefficient (Wildman–Crippen LogP) is 1.88. The first-order valence-electron chi connectivity index (χ1n) is 5.42. The maximum atomic E-state index is 11.6. The molecule has 0 heterocycles. The van der Waals surface area contributed by atoms with Crippen molar-refractivity contribution >= 4 is 33.9 Å². The third-order valence-corrected chi connectivity index (χ3v) is 2.40. The maximum absolute atomic E-state index is 11.6. The Bertz CT molecular complexity index is 489. The summed E-state index contributed by atoms with van der Waals surface area (Å²) in [5, 5.41) is 1.91. The van der Waals surface area contributed by atoms with Crippen LogP contribution in [-0.4, -0.2) is 31.2 Å². The average Bonchev–Trinajstić information content (AvgIpc) is 2.36. The Kier molecular flexibility index (Phi) is 6.01. The fourth-order valence-corrected chi connectivity index (χ4v) is 1.55. The molecule has 2 amide bonds. The van der Waals surface area contributed by atoms with Crippen molar-refractivity contribution in [1.82, 2.24) is 5.32 Å². The van der Waals surface area contributed by atoms with E-state index in [4.69, 9.17) is 4.74 Å². The summed E-state index contributed by atoms with van der Waals surface area (Å²) in [6.45, 7) is 1.21. The molecular weight excluding hydrogens is 318 g/mol. The van der Waals surface area contributed by atoms with Crippen molar-refractivity contribution in [2.75, 3.05) is 13.2 Å². The van der Waals surface area contributed by atoms with E-state index in [0.717, 1.165) is 4.47 Å². The van der Waals surface area contributed by atoms with Gasteiger partial charge in [-0.15, -0.1) is 0 Å². The first kappa shape index (κ1) is 15.2. The van der Waals surface area contributed by atoms with E-state index >= 15 is 0 Å². The second-order valence-corrected chi connectivity index (χ2v) is 4.27. The summed E-state index contributed by atoms with van der Waals surface area (Å²) in [5.41, 5.74) is 0.304. The van der Waals surface area contributed by atoms with Crippen LogP contribution in [-0.2, 0) is 14.3 Å². The molecule has 0 radical (unpaired) electrons. The Balaban J connectivity index is 2.42. The monoisotopic (exact) mass is 329 g/mol. The highest BCUT2D eigenvalue weighted by molar-refractivity contribution is 9.10. The zero-order chi connectivity index (χ0) is 14.3. The van der Waals surface area contributed by atoms with Crippen LogP contribution in [0.15, 0.2) is 28.7 Å². The fourth-order valence-electron chi connectivity index (χ4n) is 1.15. The van der Waals surface area contributed by atoms with Crippen LogP contribution >= 0.6 is 15.9 Å². The number of hydrogen-bond acceptors (Lipinski definition) is 5. The van der Waals surface area contributed by atoms with Crippen molar-refractivity contribution in [2.45, 2.75) is 6.92 Å². The first-order chi connectivity index (χ1) is 9.02. The second-order valence-electron chi connectivity index (χ2n) is 3.36. The summed E-state index contributed by atoms with van der Waals surface area (Å²) in [6.07, 6.45) is -0.869. The van der Waals surface area contributed by atoms with E-state index in [2.05, 4.69) is 20.7 Å². The van der Waals surface area contributed by atoms with Gasteiger partial charge >= 0.3 is 12.1 Å². The Morgan fingerprint density at radius 3 is 2.63 bits per heavy atom. The van der Waals surface area contributed by atoms with Gasteiger partial charge in [-0.05, 0) is 25.1 Å². The van der Waals surface area contributed by atoms with E-state index in [-0.39, 0.29) is 6.61 Å². The minimum Gasteiger partial charge on any atom is -0.452 e. The van der Waals surface area contributed by atoms with Crippen LogP contribution in [0.25, 0.3) is 0 Å². The molecule has 0 aliphatic carbocycles. The molecule has 19 heavy (non-hydrogen) atoms. The molecule has 7 heteroatoms. The molecule has 0 spiro atoms. The number of halogens is 1. The number of esters is 1. The van der Waals surface area contributed by atoms with Crippen molar-refractivity contribution in [3.8, 4) is 0 Å². The Labute approximate surface area is 118 Å². The molecule has 0 aliphatic heterocycles. The zero-order valence-corrected chi connectivity index (χ0v) is 11.7. The lowest BCUT2D eigenvalue weighted by atomic mass is 10.2. The van der Waals surface area contributed by atoms with Crippen LogP contribution in [0.3, 0.4) is 0 Å². The van der Waals surface area contributed by atoms with Crippen LogP contribution in [0.2, 0.25) is 0 Å². The first-order valence-corrected chi connectivity index (χ1v) is 6.21. The predicted molar refractivity (Wildman–Crippen MR) is 69.6 cm³/mol. The number of benzene rings is 1. The standard InChI is InChI=1S/C12H12BrNO5/c1-2-18-12(17)14-10(15)7-19-11(16)8-4-3-5-9(13)6-8/h3-6H,2,7H2,1H3,(H,14,15,17). The highest BCUT2D eigenvalue weighted by Crippen LogP contribution is 2.12. The number of nitrogens with one attached hydrogen (secondary N) is 1. The van der Waals surface area contributed by atoms with Crippen LogP contribution in [0.5, 0.6) is 0 Å². The van der Waals surface area contributed by atoms with E-state index in [9.17, 15) is 14.4 Å². The van der Waals surface area contributed by atoms with Crippen molar-refractivity contribution in [3.63, 3.8) is 0 Å². The molecule has 0 unspecified atom stereocenters. The molecular formula is C12H12BrNO5. The smallest absolute Gasteiger partial charge is 0.413 e. The number of amides is 2. The highest BCUT2D eigenvalue weighted by Gasteiger charge is 2.12. The molecule has 0 atom stereocenters. The van der Waals surface area contributed by atoms with Gasteiger partial charge in [0.05, 0.1) is 12.2 Å². The highest BCUT2D eigenvalue weighted by atomic mass is 79.9. The zero-order valence-electron chi connectivity index (χ0n) is 10.1. The van der Waals surface area contributed by atoms with Gasteiger partial charge in [-0.25, -0.2) is 9.59 Å². The minimum absolute atomic E-state index is 0.150. The number of carbonyl (C=O) groups is 3. The molecule has 0 aliphatic rings. The van der Waals surface area contributed by atoms with Crippen molar-refractivity contribution in [3.05, 3.63) is 34.3 Å². The third-order valence-electron chi connectivity index (χ3n) is 1.91. The number of hydrogen-bond donors (Lipinski definition) is 1. The summed E-state index contributed by atoms with van der Waals surface area (Å²) in [6, 6.07) is 6.53. The number of alkyl carbamates (subject to hydrolysis) is 1. The Hall–Kier alpha value is -1.89. The van der Waals surface area contributed by atoms with E-state index in [0.29, 0.717) is 5.56 Å². The van der Waals surface area contributed by atoms with Crippen LogP contribution < -0.4 is 5.32 Å². The van der Waals surface area contributed by atoms with Gasteiger partial charge in [0, 0.05) is 4.47 Å². The van der Waals surface area contributed by atoms with Gasteiger partial charge in [-0.1, -0.05) is 22.0 Å². The van der Waals surface area contributed by atoms with Gasteiger partial charge in [0.15, 0.2) is 6.61 Å². The Morgan fingerprint density at radius 1 is 1.26 bits per heavy atom. The number of ether oxygens (including phenoxy) is 2. The van der Waals surface area contributed by atoms with Gasteiger partial charge in [0.25, 0.3) is 5.91 Å². The lowest BCUT2D eigenvalue weighted by Crippen LogP contribution is -2.34. The summed E-state index contributed by atoms with van der Waals surface area (Å²) in [5.74, 6) is -1.40. The number of imide groups is 1. The van der Waals surface area contributed by atoms with Crippen LogP contribution in [0, 0.1) is 0 Å². The summed E-state index contributed by atoms with van der Waals surface area (Å²) >= 11 is 3.21. The van der Waals surface area contributed by atoms with E-state index in [1.165, 1.54) is 0 Å². The molecule has 0 fully saturated rings. The maximum Gasteiger partial charge on any atom is 0.413 e. The molecule has 1 aromatic rings.